The molecule has 4 rings (SSSR count). The van der Waals surface area contributed by atoms with Crippen molar-refractivity contribution in [1.82, 2.24) is 9.97 Å². The smallest absolute Gasteiger partial charge is 0.266 e. The summed E-state index contributed by atoms with van der Waals surface area (Å²) < 4.78 is 10.6. The number of thiophene rings is 1. The zero-order valence-electron chi connectivity index (χ0n) is 15.8. The van der Waals surface area contributed by atoms with Gasteiger partial charge in [-0.1, -0.05) is 36.4 Å². The van der Waals surface area contributed by atoms with Gasteiger partial charge < -0.3 is 14.8 Å². The predicted octanol–water partition coefficient (Wildman–Crippen LogP) is 4.56. The number of aryl methyl sites for hydroxylation is 1. The molecule has 4 aromatic rings. The molecule has 0 aliphatic heterocycles. The van der Waals surface area contributed by atoms with Crippen molar-refractivity contribution in [2.24, 2.45) is 0 Å². The highest BCUT2D eigenvalue weighted by Crippen LogP contribution is 2.35. The van der Waals surface area contributed by atoms with Gasteiger partial charge in [-0.2, -0.15) is 4.98 Å². The van der Waals surface area contributed by atoms with Crippen molar-refractivity contribution < 1.29 is 14.3 Å². The van der Waals surface area contributed by atoms with Crippen molar-refractivity contribution in [3.63, 3.8) is 0 Å². The van der Waals surface area contributed by atoms with E-state index in [1.165, 1.54) is 11.3 Å². The Bertz CT molecular complexity index is 1180. The molecule has 0 saturated carbocycles. The molecule has 0 aliphatic carbocycles. The molecule has 0 bridgehead atoms. The fourth-order valence-corrected chi connectivity index (χ4v) is 4.30. The second-order valence-electron chi connectivity index (χ2n) is 6.30. The number of ether oxygens (including phenoxy) is 2. The van der Waals surface area contributed by atoms with E-state index < -0.39 is 0 Å². The van der Waals surface area contributed by atoms with E-state index in [-0.39, 0.29) is 12.5 Å². The molecule has 0 unspecified atom stereocenters. The van der Waals surface area contributed by atoms with E-state index in [4.69, 9.17) is 9.47 Å². The van der Waals surface area contributed by atoms with Gasteiger partial charge >= 0.3 is 0 Å². The lowest BCUT2D eigenvalue weighted by Gasteiger charge is -2.08. The monoisotopic (exact) mass is 393 g/mol. The number of carbonyl (C=O) groups is 1. The van der Waals surface area contributed by atoms with Crippen LogP contribution in [0.15, 0.2) is 42.5 Å². The van der Waals surface area contributed by atoms with E-state index in [1.807, 2.05) is 49.4 Å². The van der Waals surface area contributed by atoms with Gasteiger partial charge in [0.2, 0.25) is 5.88 Å². The Kier molecular flexibility index (Phi) is 4.93. The Balaban J connectivity index is 1.76. The quantitative estimate of drug-likeness (QED) is 0.538. The highest BCUT2D eigenvalue weighted by Gasteiger charge is 2.21. The number of hydrogen-bond donors (Lipinski definition) is 1. The average molecular weight is 393 g/mol. The summed E-state index contributed by atoms with van der Waals surface area (Å²) in [6.45, 7) is 2.17. The fraction of sp³-hybridized carbons (Fsp3) is 0.190. The van der Waals surface area contributed by atoms with Gasteiger partial charge in [-0.15, -0.1) is 11.3 Å². The lowest BCUT2D eigenvalue weighted by atomic mass is 10.1. The summed E-state index contributed by atoms with van der Waals surface area (Å²) in [5.74, 6) is 0.802. The van der Waals surface area contributed by atoms with Gasteiger partial charge in [0, 0.05) is 18.2 Å². The average Bonchev–Trinajstić information content (AvgIpc) is 3.04. The number of nitrogens with one attached hydrogen (secondary N) is 1. The summed E-state index contributed by atoms with van der Waals surface area (Å²) in [4.78, 5) is 23.2. The first-order chi connectivity index (χ1) is 13.6. The van der Waals surface area contributed by atoms with Crippen molar-refractivity contribution in [2.45, 2.75) is 13.5 Å². The maximum Gasteiger partial charge on any atom is 0.266 e. The van der Waals surface area contributed by atoms with Crippen molar-refractivity contribution in [3.8, 4) is 5.88 Å². The van der Waals surface area contributed by atoms with Crippen molar-refractivity contribution >= 4 is 43.9 Å². The topological polar surface area (TPSA) is 73.3 Å². The molecule has 0 radical (unpaired) electrons. The molecular formula is C21H19N3O3S. The minimum Gasteiger partial charge on any atom is -0.480 e. The molecule has 0 fully saturated rings. The third-order valence-electron chi connectivity index (χ3n) is 4.51. The number of hydrogen-bond acceptors (Lipinski definition) is 6. The van der Waals surface area contributed by atoms with Gasteiger partial charge in [-0.25, -0.2) is 4.98 Å². The molecule has 28 heavy (non-hydrogen) atoms. The standard InChI is InChI=1S/C21H19N3O3S/c1-12-17-20(27-3)23-16(11-26-2)24-21(17)28-18(12)19(25)22-15-10-6-8-13-7-4-5-9-14(13)15/h4-10H,11H2,1-3H3,(H,22,25). The number of anilines is 1. The van der Waals surface area contributed by atoms with E-state index >= 15 is 0 Å². The summed E-state index contributed by atoms with van der Waals surface area (Å²) >= 11 is 1.33. The van der Waals surface area contributed by atoms with Crippen LogP contribution in [0, 0.1) is 6.92 Å². The molecule has 0 atom stereocenters. The zero-order valence-corrected chi connectivity index (χ0v) is 16.6. The van der Waals surface area contributed by atoms with Gasteiger partial charge in [0.15, 0.2) is 5.82 Å². The van der Waals surface area contributed by atoms with Crippen LogP contribution >= 0.6 is 11.3 Å². The van der Waals surface area contributed by atoms with Crippen molar-refractivity contribution in [2.75, 3.05) is 19.5 Å². The Labute approximate surface area is 166 Å². The van der Waals surface area contributed by atoms with Gasteiger partial charge in [-0.05, 0) is 23.9 Å². The van der Waals surface area contributed by atoms with Crippen LogP contribution in [0.25, 0.3) is 21.0 Å². The molecule has 142 valence electrons. The molecule has 2 aromatic carbocycles. The molecule has 1 amide bonds. The van der Waals surface area contributed by atoms with Crippen LogP contribution in [0.4, 0.5) is 5.69 Å². The number of amides is 1. The van der Waals surface area contributed by atoms with Gasteiger partial charge in [-0.3, -0.25) is 4.79 Å². The zero-order chi connectivity index (χ0) is 19.7. The number of nitrogens with zero attached hydrogens (tertiary/aromatic N) is 2. The van der Waals surface area contributed by atoms with Crippen molar-refractivity contribution in [1.29, 1.82) is 0 Å². The molecule has 7 heteroatoms. The van der Waals surface area contributed by atoms with Crippen LogP contribution < -0.4 is 10.1 Å². The molecule has 6 nitrogen and oxygen atoms in total. The third kappa shape index (κ3) is 3.19. The van der Waals surface area contributed by atoms with E-state index in [9.17, 15) is 4.79 Å². The van der Waals surface area contributed by atoms with E-state index in [1.54, 1.807) is 14.2 Å². The molecule has 0 aliphatic rings. The first-order valence-electron chi connectivity index (χ1n) is 8.74. The molecule has 0 spiro atoms. The molecule has 2 heterocycles. The van der Waals surface area contributed by atoms with Crippen LogP contribution in [0.5, 0.6) is 5.88 Å². The minimum atomic E-state index is -0.174. The van der Waals surface area contributed by atoms with Crippen LogP contribution in [-0.4, -0.2) is 30.1 Å². The second-order valence-corrected chi connectivity index (χ2v) is 7.30. The number of aromatic nitrogens is 2. The Morgan fingerprint density at radius 2 is 1.89 bits per heavy atom. The van der Waals surface area contributed by atoms with Crippen LogP contribution in [0.3, 0.4) is 0 Å². The number of methoxy groups -OCH3 is 2. The predicted molar refractivity (Wildman–Crippen MR) is 111 cm³/mol. The normalized spacial score (nSPS) is 11.1. The highest BCUT2D eigenvalue weighted by atomic mass is 32.1. The second kappa shape index (κ2) is 7.53. The largest absolute Gasteiger partial charge is 0.480 e. The summed E-state index contributed by atoms with van der Waals surface area (Å²) in [6.07, 6.45) is 0. The first-order valence-corrected chi connectivity index (χ1v) is 9.56. The minimum absolute atomic E-state index is 0.174. The van der Waals surface area contributed by atoms with E-state index in [0.29, 0.717) is 21.4 Å². The van der Waals surface area contributed by atoms with Gasteiger partial charge in [0.25, 0.3) is 5.91 Å². The lowest BCUT2D eigenvalue weighted by molar-refractivity contribution is 0.103. The lowest BCUT2D eigenvalue weighted by Crippen LogP contribution is -2.11. The Morgan fingerprint density at radius 1 is 1.11 bits per heavy atom. The Hall–Kier alpha value is -3.03. The van der Waals surface area contributed by atoms with Gasteiger partial charge in [0.05, 0.1) is 17.4 Å². The van der Waals surface area contributed by atoms with Crippen LogP contribution in [0.1, 0.15) is 21.1 Å². The number of rotatable bonds is 5. The Morgan fingerprint density at radius 3 is 2.68 bits per heavy atom. The number of benzene rings is 2. The molecular weight excluding hydrogens is 374 g/mol. The van der Waals surface area contributed by atoms with Crippen LogP contribution in [0.2, 0.25) is 0 Å². The summed E-state index contributed by atoms with van der Waals surface area (Å²) in [6, 6.07) is 13.8. The number of carbonyl (C=O) groups excluding carboxylic acids is 1. The maximum atomic E-state index is 13.0. The molecule has 0 saturated heterocycles. The van der Waals surface area contributed by atoms with Crippen LogP contribution in [-0.2, 0) is 11.3 Å². The molecule has 1 N–H and O–H groups in total. The maximum absolute atomic E-state index is 13.0. The van der Waals surface area contributed by atoms with Gasteiger partial charge in [0.1, 0.15) is 11.4 Å². The summed E-state index contributed by atoms with van der Waals surface area (Å²) in [5.41, 5.74) is 1.58. The SMILES string of the molecule is COCc1nc(OC)c2c(C)c(C(=O)Nc3cccc4ccccc34)sc2n1. The number of fused-ring (bicyclic) bond motifs is 2. The fourth-order valence-electron chi connectivity index (χ4n) is 3.22. The van der Waals surface area contributed by atoms with E-state index in [2.05, 4.69) is 15.3 Å². The van der Waals surface area contributed by atoms with E-state index in [0.717, 1.165) is 27.4 Å². The first kappa shape index (κ1) is 18.3. The van der Waals surface area contributed by atoms with Crippen molar-refractivity contribution in [3.05, 3.63) is 58.7 Å². The molecule has 2 aromatic heterocycles. The third-order valence-corrected chi connectivity index (χ3v) is 5.70. The highest BCUT2D eigenvalue weighted by molar-refractivity contribution is 7.20. The summed E-state index contributed by atoms with van der Waals surface area (Å²) in [7, 11) is 3.15. The summed E-state index contributed by atoms with van der Waals surface area (Å²) in [5, 5.41) is 5.87.